The van der Waals surface area contributed by atoms with Crippen LogP contribution >= 0.6 is 11.8 Å². The fraction of sp³-hybridized carbons (Fsp3) is 0.609. The molecule has 3 rings (SSSR count). The lowest BCUT2D eigenvalue weighted by molar-refractivity contribution is -0.127. The Morgan fingerprint density at radius 2 is 1.62 bits per heavy atom. The number of carbonyl (C=O) groups excluding carboxylic acids is 1. The van der Waals surface area contributed by atoms with Crippen molar-refractivity contribution in [1.29, 1.82) is 0 Å². The summed E-state index contributed by atoms with van der Waals surface area (Å²) in [6.45, 7) is 16.5. The Morgan fingerprint density at radius 1 is 1.07 bits per heavy atom. The SMILES string of the molecule is CC(C)(C)c1cc(/C=C2\SCN(CN3CCOCC3)C2=O)cc(C(C)(C)C)c1O. The Morgan fingerprint density at radius 3 is 2.14 bits per heavy atom. The van der Waals surface area contributed by atoms with Gasteiger partial charge in [-0.3, -0.25) is 9.69 Å². The molecule has 1 N–H and O–H groups in total. The third-order valence-electron chi connectivity index (χ3n) is 5.39. The van der Waals surface area contributed by atoms with Crippen molar-refractivity contribution in [3.63, 3.8) is 0 Å². The molecule has 2 fully saturated rings. The molecule has 2 heterocycles. The maximum atomic E-state index is 12.9. The van der Waals surface area contributed by atoms with E-state index in [0.29, 0.717) is 18.3 Å². The lowest BCUT2D eigenvalue weighted by atomic mass is 9.78. The van der Waals surface area contributed by atoms with Crippen LogP contribution in [0.5, 0.6) is 5.75 Å². The molecule has 1 amide bonds. The van der Waals surface area contributed by atoms with Crippen molar-refractivity contribution < 1.29 is 14.6 Å². The molecule has 0 radical (unpaired) electrons. The van der Waals surface area contributed by atoms with Crippen LogP contribution in [0.1, 0.15) is 58.2 Å². The first-order valence-corrected chi connectivity index (χ1v) is 11.3. The first kappa shape index (κ1) is 22.2. The standard InChI is InChI=1S/C23H34N2O3S/c1-22(2,3)17-11-16(12-18(20(17)26)23(4,5)6)13-19-21(27)25(15-29-19)14-24-7-9-28-10-8-24/h11-13,26H,7-10,14-15H2,1-6H3/b19-13-. The van der Waals surface area contributed by atoms with Crippen LogP contribution < -0.4 is 0 Å². The van der Waals surface area contributed by atoms with Gasteiger partial charge in [-0.05, 0) is 34.6 Å². The van der Waals surface area contributed by atoms with Gasteiger partial charge >= 0.3 is 0 Å². The summed E-state index contributed by atoms with van der Waals surface area (Å²) in [5.74, 6) is 1.13. The molecule has 0 bridgehead atoms. The van der Waals surface area contributed by atoms with Gasteiger partial charge in [0, 0.05) is 24.2 Å². The molecular formula is C23H34N2O3S. The number of hydrogen-bond donors (Lipinski definition) is 1. The first-order chi connectivity index (χ1) is 13.5. The van der Waals surface area contributed by atoms with Crippen molar-refractivity contribution in [1.82, 2.24) is 9.80 Å². The van der Waals surface area contributed by atoms with E-state index in [1.807, 2.05) is 23.1 Å². The van der Waals surface area contributed by atoms with Crippen molar-refractivity contribution in [3.8, 4) is 5.75 Å². The Hall–Kier alpha value is -1.50. The molecule has 5 nitrogen and oxygen atoms in total. The van der Waals surface area contributed by atoms with Gasteiger partial charge in [0.1, 0.15) is 5.75 Å². The number of phenolic OH excluding ortho intramolecular Hbond substituents is 1. The third kappa shape index (κ3) is 5.16. The zero-order valence-corrected chi connectivity index (χ0v) is 19.4. The van der Waals surface area contributed by atoms with Crippen molar-refractivity contribution in [2.45, 2.75) is 52.4 Å². The van der Waals surface area contributed by atoms with Crippen molar-refractivity contribution >= 4 is 23.7 Å². The van der Waals surface area contributed by atoms with E-state index < -0.39 is 0 Å². The van der Waals surface area contributed by atoms with Crippen LogP contribution in [-0.4, -0.2) is 59.7 Å². The smallest absolute Gasteiger partial charge is 0.262 e. The average molecular weight is 419 g/mol. The lowest BCUT2D eigenvalue weighted by Gasteiger charge is -2.30. The van der Waals surface area contributed by atoms with E-state index >= 15 is 0 Å². The van der Waals surface area contributed by atoms with E-state index in [2.05, 4.69) is 46.4 Å². The summed E-state index contributed by atoms with van der Waals surface area (Å²) >= 11 is 1.59. The molecule has 29 heavy (non-hydrogen) atoms. The molecular weight excluding hydrogens is 384 g/mol. The molecule has 0 atom stereocenters. The fourth-order valence-corrected chi connectivity index (χ4v) is 4.62. The van der Waals surface area contributed by atoms with Crippen LogP contribution in [0.2, 0.25) is 0 Å². The highest BCUT2D eigenvalue weighted by atomic mass is 32.2. The van der Waals surface area contributed by atoms with Crippen LogP contribution in [0.4, 0.5) is 0 Å². The molecule has 160 valence electrons. The predicted molar refractivity (Wildman–Crippen MR) is 120 cm³/mol. The van der Waals surface area contributed by atoms with Gasteiger partial charge in [-0.2, -0.15) is 0 Å². The second-order valence-electron chi connectivity index (χ2n) is 9.96. The summed E-state index contributed by atoms with van der Waals surface area (Å²) in [5.41, 5.74) is 2.43. The summed E-state index contributed by atoms with van der Waals surface area (Å²) in [6, 6.07) is 4.05. The lowest BCUT2D eigenvalue weighted by Crippen LogP contribution is -2.44. The molecule has 2 aliphatic heterocycles. The molecule has 2 aliphatic rings. The van der Waals surface area contributed by atoms with Gasteiger partial charge in [0.25, 0.3) is 5.91 Å². The van der Waals surface area contributed by atoms with E-state index in [9.17, 15) is 9.90 Å². The topological polar surface area (TPSA) is 53.0 Å². The van der Waals surface area contributed by atoms with Gasteiger partial charge < -0.3 is 14.7 Å². The number of thioether (sulfide) groups is 1. The monoisotopic (exact) mass is 418 g/mol. The van der Waals surface area contributed by atoms with Crippen LogP contribution in [-0.2, 0) is 20.4 Å². The molecule has 0 unspecified atom stereocenters. The Bertz CT molecular complexity index is 764. The maximum Gasteiger partial charge on any atom is 0.262 e. The summed E-state index contributed by atoms with van der Waals surface area (Å²) in [6.07, 6.45) is 1.98. The molecule has 2 saturated heterocycles. The highest BCUT2D eigenvalue weighted by Crippen LogP contribution is 2.41. The number of rotatable bonds is 3. The quantitative estimate of drug-likeness (QED) is 0.748. The number of carbonyl (C=O) groups is 1. The number of hydrogen-bond acceptors (Lipinski definition) is 5. The van der Waals surface area contributed by atoms with E-state index in [1.54, 1.807) is 11.8 Å². The van der Waals surface area contributed by atoms with Gasteiger partial charge in [0.05, 0.1) is 30.7 Å². The minimum Gasteiger partial charge on any atom is -0.507 e. The van der Waals surface area contributed by atoms with Gasteiger partial charge in [0.15, 0.2) is 0 Å². The third-order valence-corrected chi connectivity index (χ3v) is 6.44. The molecule has 0 aromatic heterocycles. The fourth-order valence-electron chi connectivity index (χ4n) is 3.65. The Kier molecular flexibility index (Phi) is 6.37. The molecule has 0 aliphatic carbocycles. The van der Waals surface area contributed by atoms with Gasteiger partial charge in [-0.25, -0.2) is 0 Å². The van der Waals surface area contributed by atoms with Crippen LogP contribution in [0.15, 0.2) is 17.0 Å². The highest BCUT2D eigenvalue weighted by Gasteiger charge is 2.30. The van der Waals surface area contributed by atoms with Crippen molar-refractivity contribution in [3.05, 3.63) is 33.7 Å². The van der Waals surface area contributed by atoms with E-state index in [4.69, 9.17) is 4.74 Å². The number of ether oxygens (including phenoxy) is 1. The molecule has 0 spiro atoms. The van der Waals surface area contributed by atoms with Gasteiger partial charge in [-0.1, -0.05) is 53.3 Å². The maximum absolute atomic E-state index is 12.9. The van der Waals surface area contributed by atoms with Gasteiger partial charge in [-0.15, -0.1) is 0 Å². The summed E-state index contributed by atoms with van der Waals surface area (Å²) in [7, 11) is 0. The minimum atomic E-state index is -0.187. The van der Waals surface area contributed by atoms with Crippen molar-refractivity contribution in [2.75, 3.05) is 38.8 Å². The molecule has 0 saturated carbocycles. The predicted octanol–water partition coefficient (Wildman–Crippen LogP) is 4.15. The zero-order valence-electron chi connectivity index (χ0n) is 18.5. The van der Waals surface area contributed by atoms with Crippen LogP contribution in [0, 0.1) is 0 Å². The highest BCUT2D eigenvalue weighted by molar-refractivity contribution is 8.04. The first-order valence-electron chi connectivity index (χ1n) is 10.3. The second-order valence-corrected chi connectivity index (χ2v) is 11.0. The number of nitrogens with zero attached hydrogens (tertiary/aromatic N) is 2. The van der Waals surface area contributed by atoms with E-state index in [-0.39, 0.29) is 16.7 Å². The van der Waals surface area contributed by atoms with Gasteiger partial charge in [0.2, 0.25) is 0 Å². The number of aromatic hydroxyl groups is 1. The molecule has 6 heteroatoms. The van der Waals surface area contributed by atoms with Crippen LogP contribution in [0.25, 0.3) is 6.08 Å². The molecule has 1 aromatic rings. The zero-order chi connectivity index (χ0) is 21.4. The van der Waals surface area contributed by atoms with Crippen LogP contribution in [0.3, 0.4) is 0 Å². The van der Waals surface area contributed by atoms with Crippen molar-refractivity contribution in [2.24, 2.45) is 0 Å². The van der Waals surface area contributed by atoms with E-state index in [1.165, 1.54) is 0 Å². The Labute approximate surface area is 179 Å². The number of morpholine rings is 1. The summed E-state index contributed by atoms with van der Waals surface area (Å²) < 4.78 is 5.40. The molecule has 1 aromatic carbocycles. The number of amides is 1. The minimum absolute atomic E-state index is 0.0872. The normalized spacial score (nSPS) is 20.7. The summed E-state index contributed by atoms with van der Waals surface area (Å²) in [4.78, 5) is 17.9. The largest absolute Gasteiger partial charge is 0.507 e. The summed E-state index contributed by atoms with van der Waals surface area (Å²) in [5, 5.41) is 10.9. The second kappa shape index (κ2) is 8.32. The average Bonchev–Trinajstić information content (AvgIpc) is 2.95. The van der Waals surface area contributed by atoms with E-state index in [0.717, 1.165) is 47.9 Å². The Balaban J connectivity index is 1.88. The number of phenols is 1. The number of benzene rings is 1.